The van der Waals surface area contributed by atoms with Crippen LogP contribution in [0.4, 0.5) is 0 Å². The van der Waals surface area contributed by atoms with Gasteiger partial charge in [-0.25, -0.2) is 8.42 Å². The monoisotopic (exact) mass is 267 g/mol. The van der Waals surface area contributed by atoms with Crippen molar-refractivity contribution in [1.82, 2.24) is 5.32 Å². The molecule has 1 aromatic carbocycles. The third-order valence-corrected chi connectivity index (χ3v) is 4.78. The lowest BCUT2D eigenvalue weighted by molar-refractivity contribution is -0.119. The first-order valence-corrected chi connectivity index (χ1v) is 7.80. The van der Waals surface area contributed by atoms with Crippen molar-refractivity contribution >= 4 is 15.7 Å². The molecule has 18 heavy (non-hydrogen) atoms. The van der Waals surface area contributed by atoms with Gasteiger partial charge in [0.15, 0.2) is 9.84 Å². The summed E-state index contributed by atoms with van der Waals surface area (Å²) in [6, 6.07) is 8.24. The molecule has 0 saturated heterocycles. The minimum absolute atomic E-state index is 0.156. The second-order valence-electron chi connectivity index (χ2n) is 4.62. The minimum atomic E-state index is -3.51. The highest BCUT2D eigenvalue weighted by atomic mass is 32.2. The molecular formula is C13H17NO3S. The van der Waals surface area contributed by atoms with Gasteiger partial charge < -0.3 is 5.32 Å². The van der Waals surface area contributed by atoms with Gasteiger partial charge >= 0.3 is 0 Å². The van der Waals surface area contributed by atoms with E-state index in [1.165, 1.54) is 12.1 Å². The number of sulfone groups is 1. The van der Waals surface area contributed by atoms with Crippen LogP contribution in [0, 0.1) is 0 Å². The van der Waals surface area contributed by atoms with Crippen molar-refractivity contribution in [3.63, 3.8) is 0 Å². The van der Waals surface area contributed by atoms with Gasteiger partial charge in [0, 0.05) is 6.04 Å². The van der Waals surface area contributed by atoms with Gasteiger partial charge in [-0.2, -0.15) is 0 Å². The van der Waals surface area contributed by atoms with Crippen molar-refractivity contribution in [1.29, 1.82) is 0 Å². The SMILES string of the molecule is O=C(CS(=O)(=O)c1ccccc1)NC1CCCC1. The fourth-order valence-electron chi connectivity index (χ4n) is 2.22. The van der Waals surface area contributed by atoms with E-state index in [0.29, 0.717) is 0 Å². The molecule has 0 atom stereocenters. The van der Waals surface area contributed by atoms with Crippen LogP contribution >= 0.6 is 0 Å². The molecule has 1 N–H and O–H groups in total. The molecule has 1 aromatic rings. The maximum atomic E-state index is 12.0. The van der Waals surface area contributed by atoms with Crippen molar-refractivity contribution in [2.45, 2.75) is 36.6 Å². The highest BCUT2D eigenvalue weighted by Gasteiger charge is 2.22. The van der Waals surface area contributed by atoms with Crippen molar-refractivity contribution in [3.8, 4) is 0 Å². The Hall–Kier alpha value is -1.36. The Kier molecular flexibility index (Phi) is 4.01. The molecule has 0 aliphatic heterocycles. The Bertz CT molecular complexity index is 504. The fourth-order valence-corrected chi connectivity index (χ4v) is 3.39. The molecule has 5 heteroatoms. The van der Waals surface area contributed by atoms with Crippen molar-refractivity contribution in [2.75, 3.05) is 5.75 Å². The number of carbonyl (C=O) groups is 1. The predicted molar refractivity (Wildman–Crippen MR) is 68.9 cm³/mol. The number of benzene rings is 1. The molecule has 1 amide bonds. The van der Waals surface area contributed by atoms with Gasteiger partial charge in [-0.15, -0.1) is 0 Å². The smallest absolute Gasteiger partial charge is 0.235 e. The number of rotatable bonds is 4. The van der Waals surface area contributed by atoms with E-state index in [2.05, 4.69) is 5.32 Å². The molecule has 0 unspecified atom stereocenters. The van der Waals surface area contributed by atoms with Crippen LogP contribution in [0.3, 0.4) is 0 Å². The largest absolute Gasteiger partial charge is 0.352 e. The van der Waals surface area contributed by atoms with Gasteiger partial charge in [-0.3, -0.25) is 4.79 Å². The third-order valence-electron chi connectivity index (χ3n) is 3.14. The lowest BCUT2D eigenvalue weighted by Crippen LogP contribution is -2.36. The van der Waals surface area contributed by atoms with Crippen molar-refractivity contribution in [2.24, 2.45) is 0 Å². The molecule has 0 spiro atoms. The van der Waals surface area contributed by atoms with E-state index >= 15 is 0 Å². The zero-order chi connectivity index (χ0) is 13.0. The van der Waals surface area contributed by atoms with Crippen molar-refractivity contribution in [3.05, 3.63) is 30.3 Å². The van der Waals surface area contributed by atoms with E-state index in [4.69, 9.17) is 0 Å². The summed E-state index contributed by atoms with van der Waals surface area (Å²) in [6.45, 7) is 0. The zero-order valence-electron chi connectivity index (χ0n) is 10.1. The van der Waals surface area contributed by atoms with Crippen LogP contribution in [0.15, 0.2) is 35.2 Å². The Morgan fingerprint density at radius 1 is 1.17 bits per heavy atom. The molecule has 1 aliphatic rings. The third kappa shape index (κ3) is 3.32. The van der Waals surface area contributed by atoms with E-state index in [9.17, 15) is 13.2 Å². The zero-order valence-corrected chi connectivity index (χ0v) is 10.9. The maximum absolute atomic E-state index is 12.0. The van der Waals surface area contributed by atoms with Gasteiger partial charge in [0.1, 0.15) is 5.75 Å². The Morgan fingerprint density at radius 2 is 1.78 bits per heavy atom. The summed E-state index contributed by atoms with van der Waals surface area (Å²) in [5.41, 5.74) is 0. The first-order chi connectivity index (χ1) is 8.58. The lowest BCUT2D eigenvalue weighted by Gasteiger charge is -2.11. The van der Waals surface area contributed by atoms with Crippen LogP contribution in [0.5, 0.6) is 0 Å². The summed E-state index contributed by atoms with van der Waals surface area (Å²) in [6.07, 6.45) is 4.13. The number of nitrogens with one attached hydrogen (secondary N) is 1. The highest BCUT2D eigenvalue weighted by Crippen LogP contribution is 2.18. The molecule has 4 nitrogen and oxygen atoms in total. The summed E-state index contributed by atoms with van der Waals surface area (Å²) in [5.74, 6) is -0.862. The fraction of sp³-hybridized carbons (Fsp3) is 0.462. The topological polar surface area (TPSA) is 63.2 Å². The standard InChI is InChI=1S/C13H17NO3S/c15-13(14-11-6-4-5-7-11)10-18(16,17)12-8-2-1-3-9-12/h1-3,8-9,11H,4-7,10H2,(H,14,15). The van der Waals surface area contributed by atoms with Crippen LogP contribution in [0.1, 0.15) is 25.7 Å². The molecule has 0 bridgehead atoms. The molecule has 1 fully saturated rings. The summed E-state index contributed by atoms with van der Waals surface area (Å²) in [4.78, 5) is 11.9. The van der Waals surface area contributed by atoms with Crippen LogP contribution in [0.25, 0.3) is 0 Å². The van der Waals surface area contributed by atoms with Gasteiger partial charge in [-0.05, 0) is 25.0 Å². The normalized spacial score (nSPS) is 16.7. The summed E-state index contributed by atoms with van der Waals surface area (Å²) in [7, 11) is -3.51. The number of carbonyl (C=O) groups excluding carboxylic acids is 1. The highest BCUT2D eigenvalue weighted by molar-refractivity contribution is 7.92. The Balaban J connectivity index is 1.98. The summed E-state index contributed by atoms with van der Waals surface area (Å²) >= 11 is 0. The number of hydrogen-bond acceptors (Lipinski definition) is 3. The molecular weight excluding hydrogens is 250 g/mol. The molecule has 98 valence electrons. The Labute approximate surface area is 107 Å². The summed E-state index contributed by atoms with van der Waals surface area (Å²) in [5, 5.41) is 2.79. The average Bonchev–Trinajstić information content (AvgIpc) is 2.82. The molecule has 1 aliphatic carbocycles. The van der Waals surface area contributed by atoms with Gasteiger partial charge in [0.2, 0.25) is 5.91 Å². The molecule has 0 radical (unpaired) electrons. The van der Waals surface area contributed by atoms with E-state index in [1.807, 2.05) is 0 Å². The van der Waals surface area contributed by atoms with Gasteiger partial charge in [0.05, 0.1) is 4.90 Å². The van der Waals surface area contributed by atoms with E-state index in [0.717, 1.165) is 25.7 Å². The minimum Gasteiger partial charge on any atom is -0.352 e. The molecule has 2 rings (SSSR count). The second kappa shape index (κ2) is 5.52. The van der Waals surface area contributed by atoms with E-state index in [-0.39, 0.29) is 10.9 Å². The first-order valence-electron chi connectivity index (χ1n) is 6.15. The molecule has 0 heterocycles. The average molecular weight is 267 g/mol. The lowest BCUT2D eigenvalue weighted by atomic mass is 10.2. The van der Waals surface area contributed by atoms with Gasteiger partial charge in [0.25, 0.3) is 0 Å². The van der Waals surface area contributed by atoms with Crippen LogP contribution < -0.4 is 5.32 Å². The first kappa shape index (κ1) is 13.1. The van der Waals surface area contributed by atoms with E-state index < -0.39 is 21.5 Å². The number of amides is 1. The van der Waals surface area contributed by atoms with Crippen molar-refractivity contribution < 1.29 is 13.2 Å². The predicted octanol–water partition coefficient (Wildman–Crippen LogP) is 1.52. The van der Waals surface area contributed by atoms with Crippen LogP contribution in [-0.2, 0) is 14.6 Å². The summed E-state index contributed by atoms with van der Waals surface area (Å²) < 4.78 is 23.9. The number of hydrogen-bond donors (Lipinski definition) is 1. The second-order valence-corrected chi connectivity index (χ2v) is 6.61. The molecule has 1 saturated carbocycles. The molecule has 0 aromatic heterocycles. The van der Waals surface area contributed by atoms with Crippen LogP contribution in [-0.4, -0.2) is 26.1 Å². The van der Waals surface area contributed by atoms with E-state index in [1.54, 1.807) is 18.2 Å². The maximum Gasteiger partial charge on any atom is 0.235 e. The Morgan fingerprint density at radius 3 is 2.39 bits per heavy atom. The van der Waals surface area contributed by atoms with Gasteiger partial charge in [-0.1, -0.05) is 31.0 Å². The van der Waals surface area contributed by atoms with Crippen LogP contribution in [0.2, 0.25) is 0 Å². The quantitative estimate of drug-likeness (QED) is 0.899.